The lowest BCUT2D eigenvalue weighted by molar-refractivity contribution is 1.63. The van der Waals surface area contributed by atoms with Crippen LogP contribution >= 0.6 is 34.0 Å². The van der Waals surface area contributed by atoms with Gasteiger partial charge in [0.25, 0.3) is 0 Å². The molecule has 8 aromatic carbocycles. The van der Waals surface area contributed by atoms with Gasteiger partial charge in [-0.2, -0.15) is 0 Å². The molecule has 0 amide bonds. The number of benzene rings is 8. The van der Waals surface area contributed by atoms with Crippen molar-refractivity contribution in [3.63, 3.8) is 0 Å². The highest BCUT2D eigenvalue weighted by atomic mass is 32.1. The smallest absolute Gasteiger partial charge is 0.0361 e. The van der Waals surface area contributed by atoms with E-state index in [2.05, 4.69) is 170 Å². The third-order valence-corrected chi connectivity index (χ3v) is 13.7. The molecule has 0 radical (unpaired) electrons. The second-order valence-corrected chi connectivity index (χ2v) is 16.5. The lowest BCUT2D eigenvalue weighted by Gasteiger charge is -2.11. The van der Waals surface area contributed by atoms with Crippen LogP contribution < -0.4 is 0 Å². The molecule has 0 aliphatic carbocycles. The minimum Gasteiger partial charge on any atom is -0.135 e. The molecule has 0 saturated heterocycles. The van der Waals surface area contributed by atoms with E-state index in [1.165, 1.54) is 105 Å². The van der Waals surface area contributed by atoms with Crippen LogP contribution in [0.3, 0.4) is 0 Å². The lowest BCUT2D eigenvalue weighted by Crippen LogP contribution is -1.85. The van der Waals surface area contributed by atoms with Crippen molar-refractivity contribution in [2.75, 3.05) is 0 Å². The van der Waals surface area contributed by atoms with Gasteiger partial charge < -0.3 is 0 Å². The minimum absolute atomic E-state index is 1.24. The van der Waals surface area contributed by atoms with Crippen LogP contribution in [-0.4, -0.2) is 0 Å². The Morgan fingerprint density at radius 3 is 1.24 bits per heavy atom. The first-order valence-electron chi connectivity index (χ1n) is 17.2. The van der Waals surface area contributed by atoms with Crippen LogP contribution in [0.25, 0.3) is 105 Å². The maximum atomic E-state index is 2.35. The summed E-state index contributed by atoms with van der Waals surface area (Å²) in [5.74, 6) is 0. The molecule has 0 unspecified atom stereocenters. The lowest BCUT2D eigenvalue weighted by atomic mass is 9.92. The van der Waals surface area contributed by atoms with E-state index in [9.17, 15) is 0 Å². The van der Waals surface area contributed by atoms with Gasteiger partial charge in [0.15, 0.2) is 0 Å². The van der Waals surface area contributed by atoms with Gasteiger partial charge in [0.1, 0.15) is 0 Å². The monoisotopic (exact) mass is 700 g/mol. The van der Waals surface area contributed by atoms with Crippen molar-refractivity contribution < 1.29 is 0 Å². The maximum Gasteiger partial charge on any atom is 0.0361 e. The zero-order chi connectivity index (χ0) is 33.5. The summed E-state index contributed by atoms with van der Waals surface area (Å²) in [6.07, 6.45) is 0. The molecule has 238 valence electrons. The van der Waals surface area contributed by atoms with E-state index in [0.29, 0.717) is 0 Å². The van der Waals surface area contributed by atoms with Crippen molar-refractivity contribution in [3.8, 4) is 44.5 Å². The zero-order valence-corrected chi connectivity index (χ0v) is 29.8. The first-order valence-corrected chi connectivity index (χ1v) is 19.7. The molecule has 0 N–H and O–H groups in total. The van der Waals surface area contributed by atoms with E-state index in [1.54, 1.807) is 0 Å². The highest BCUT2D eigenvalue weighted by Crippen LogP contribution is 2.46. The average molecular weight is 701 g/mol. The van der Waals surface area contributed by atoms with E-state index < -0.39 is 0 Å². The predicted octanol–water partition coefficient (Wildman–Crippen LogP) is 15.5. The zero-order valence-electron chi connectivity index (χ0n) is 27.4. The summed E-state index contributed by atoms with van der Waals surface area (Å²) in [5, 5.41) is 8.05. The number of fused-ring (bicyclic) bond motifs is 9. The van der Waals surface area contributed by atoms with Gasteiger partial charge in [-0.05, 0) is 80.9 Å². The van der Waals surface area contributed by atoms with Gasteiger partial charge in [-0.1, -0.05) is 133 Å². The second kappa shape index (κ2) is 11.5. The van der Waals surface area contributed by atoms with E-state index in [4.69, 9.17) is 0 Å². The molecule has 11 rings (SSSR count). The predicted molar refractivity (Wildman–Crippen MR) is 227 cm³/mol. The molecular formula is C48H28S3. The largest absolute Gasteiger partial charge is 0.135 e. The van der Waals surface area contributed by atoms with Crippen molar-refractivity contribution in [1.29, 1.82) is 0 Å². The van der Waals surface area contributed by atoms with Crippen molar-refractivity contribution in [3.05, 3.63) is 170 Å². The van der Waals surface area contributed by atoms with Crippen molar-refractivity contribution in [2.24, 2.45) is 0 Å². The summed E-state index contributed by atoms with van der Waals surface area (Å²) >= 11 is 5.64. The Kier molecular flexibility index (Phi) is 6.57. The summed E-state index contributed by atoms with van der Waals surface area (Å²) in [6.45, 7) is 0. The van der Waals surface area contributed by atoms with E-state index in [0.717, 1.165) is 0 Å². The van der Waals surface area contributed by atoms with Gasteiger partial charge in [0.05, 0.1) is 0 Å². The van der Waals surface area contributed by atoms with E-state index in [1.807, 2.05) is 34.0 Å². The van der Waals surface area contributed by atoms with Crippen LogP contribution in [0.5, 0.6) is 0 Å². The fourth-order valence-electron chi connectivity index (χ4n) is 7.94. The molecule has 3 heteroatoms. The molecule has 0 fully saturated rings. The highest BCUT2D eigenvalue weighted by Gasteiger charge is 2.16. The number of hydrogen-bond donors (Lipinski definition) is 0. The Bertz CT molecular complexity index is 3120. The van der Waals surface area contributed by atoms with Gasteiger partial charge in [-0.25, -0.2) is 0 Å². The van der Waals surface area contributed by atoms with Crippen molar-refractivity contribution in [2.45, 2.75) is 0 Å². The Labute approximate surface area is 307 Å². The topological polar surface area (TPSA) is 0 Å². The molecule has 0 aliphatic heterocycles. The highest BCUT2D eigenvalue weighted by molar-refractivity contribution is 7.26. The fourth-order valence-corrected chi connectivity index (χ4v) is 11.4. The number of rotatable bonds is 4. The Balaban J connectivity index is 0.997. The molecule has 0 spiro atoms. The fraction of sp³-hybridized carbons (Fsp3) is 0. The SMILES string of the molecule is c1ccc2c(c1)sc1cc(-c3ccc(-c4cccc5sc6cccc(-c7ccc(-c8cccc9sc%10ccccc%10c89)cc7)c6c45)cc3)ccc12. The molecule has 0 atom stereocenters. The molecule has 51 heavy (non-hydrogen) atoms. The third kappa shape index (κ3) is 4.63. The van der Waals surface area contributed by atoms with Gasteiger partial charge in [0.2, 0.25) is 0 Å². The molecule has 0 saturated carbocycles. The van der Waals surface area contributed by atoms with Gasteiger partial charge in [-0.15, -0.1) is 34.0 Å². The molecule has 0 nitrogen and oxygen atoms in total. The second-order valence-electron chi connectivity index (χ2n) is 13.2. The first kappa shape index (κ1) is 29.2. The van der Waals surface area contributed by atoms with Crippen molar-refractivity contribution >= 4 is 94.5 Å². The Hall–Kier alpha value is -5.58. The summed E-state index contributed by atoms with van der Waals surface area (Å²) in [5.41, 5.74) is 10.1. The van der Waals surface area contributed by atoms with Gasteiger partial charge in [-0.3, -0.25) is 0 Å². The average Bonchev–Trinajstić information content (AvgIpc) is 3.89. The van der Waals surface area contributed by atoms with Crippen LogP contribution in [0.1, 0.15) is 0 Å². The summed E-state index contributed by atoms with van der Waals surface area (Å²) in [4.78, 5) is 0. The van der Waals surface area contributed by atoms with E-state index in [-0.39, 0.29) is 0 Å². The molecular weight excluding hydrogens is 673 g/mol. The number of hydrogen-bond acceptors (Lipinski definition) is 3. The van der Waals surface area contributed by atoms with Crippen LogP contribution in [0.15, 0.2) is 170 Å². The van der Waals surface area contributed by atoms with Crippen LogP contribution in [-0.2, 0) is 0 Å². The summed E-state index contributed by atoms with van der Waals surface area (Å²) < 4.78 is 8.00. The minimum atomic E-state index is 1.24. The summed E-state index contributed by atoms with van der Waals surface area (Å²) in [7, 11) is 0. The van der Waals surface area contributed by atoms with Gasteiger partial charge in [0, 0.05) is 60.5 Å². The van der Waals surface area contributed by atoms with E-state index >= 15 is 0 Å². The Morgan fingerprint density at radius 1 is 0.235 bits per heavy atom. The molecule has 11 aromatic rings. The Morgan fingerprint density at radius 2 is 0.627 bits per heavy atom. The number of thiophene rings is 3. The van der Waals surface area contributed by atoms with Crippen LogP contribution in [0.4, 0.5) is 0 Å². The standard InChI is InChI=1S/C48H28S3/c1-3-13-40-37(8-1)38-27-26-33(28-45(38)50-40)29-18-20-31(21-19-29)35-11-6-16-43-47(35)48-36(12-7-17-44(48)51-43)32-24-22-30(23-25-32)34-10-5-15-42-46(34)39-9-2-4-14-41(39)49-42/h1-28H. The molecule has 3 heterocycles. The molecule has 0 bridgehead atoms. The summed E-state index contributed by atoms with van der Waals surface area (Å²) in [6, 6.07) is 63.0. The normalized spacial score (nSPS) is 11.9. The quantitative estimate of drug-likeness (QED) is 0.171. The van der Waals surface area contributed by atoms with Crippen molar-refractivity contribution in [1.82, 2.24) is 0 Å². The molecule has 3 aromatic heterocycles. The van der Waals surface area contributed by atoms with Crippen LogP contribution in [0, 0.1) is 0 Å². The van der Waals surface area contributed by atoms with Crippen LogP contribution in [0.2, 0.25) is 0 Å². The first-order chi connectivity index (χ1) is 25.3. The third-order valence-electron chi connectivity index (χ3n) is 10.3. The maximum absolute atomic E-state index is 2.35. The van der Waals surface area contributed by atoms with Gasteiger partial charge >= 0.3 is 0 Å². The molecule has 0 aliphatic rings.